The predicted molar refractivity (Wildman–Crippen MR) is 80.6 cm³/mol. The Bertz CT molecular complexity index is 392. The van der Waals surface area contributed by atoms with Crippen LogP contribution in [0.3, 0.4) is 0 Å². The number of allylic oxidation sites excluding steroid dienone is 1. The number of methoxy groups -OCH3 is 1. The quantitative estimate of drug-likeness (QED) is 0.429. The van der Waals surface area contributed by atoms with Gasteiger partial charge in [0.15, 0.2) is 0 Å². The molecular weight excluding hydrogens is 268 g/mol. The average Bonchev–Trinajstić information content (AvgIpc) is 3.00. The second-order valence-corrected chi connectivity index (χ2v) is 6.66. The van der Waals surface area contributed by atoms with E-state index >= 15 is 0 Å². The normalized spacial score (nSPS) is 37.5. The van der Waals surface area contributed by atoms with Crippen LogP contribution in [0.5, 0.6) is 0 Å². The molecule has 0 spiro atoms. The lowest BCUT2D eigenvalue weighted by atomic mass is 9.72. The maximum Gasteiger partial charge on any atom is 0.309 e. The highest BCUT2D eigenvalue weighted by atomic mass is 16.7. The zero-order chi connectivity index (χ0) is 15.6. The van der Waals surface area contributed by atoms with Gasteiger partial charge in [-0.25, -0.2) is 0 Å². The van der Waals surface area contributed by atoms with Gasteiger partial charge in [0, 0.05) is 7.11 Å². The number of carbonyl (C=O) groups excluding carboxylic acids is 1. The van der Waals surface area contributed by atoms with Crippen LogP contribution in [-0.4, -0.2) is 32.6 Å². The van der Waals surface area contributed by atoms with Crippen LogP contribution in [0.15, 0.2) is 12.2 Å². The van der Waals surface area contributed by atoms with Gasteiger partial charge in [0.1, 0.15) is 6.79 Å². The van der Waals surface area contributed by atoms with Gasteiger partial charge in [-0.2, -0.15) is 0 Å². The third-order valence-corrected chi connectivity index (χ3v) is 5.40. The van der Waals surface area contributed by atoms with Crippen molar-refractivity contribution in [1.29, 1.82) is 0 Å². The highest BCUT2D eigenvalue weighted by molar-refractivity contribution is 5.74. The van der Waals surface area contributed by atoms with E-state index in [2.05, 4.69) is 27.4 Å². The smallest absolute Gasteiger partial charge is 0.309 e. The Balaban J connectivity index is 2.13. The molecule has 1 heterocycles. The third-order valence-electron chi connectivity index (χ3n) is 5.40. The van der Waals surface area contributed by atoms with Crippen LogP contribution in [-0.2, 0) is 19.0 Å². The molecule has 0 aromatic heterocycles. The molecule has 4 nitrogen and oxygen atoms in total. The predicted octanol–water partition coefficient (Wildman–Crippen LogP) is 3.02. The first-order valence-electron chi connectivity index (χ1n) is 7.90. The SMILES string of the molecule is C=C(C)[C@H]1C[C@H](OCOC)[C@H](C)[C@H]1[C@H](C)[C@H]1CCOC1=O. The molecule has 0 amide bonds. The number of hydrogen-bond acceptors (Lipinski definition) is 4. The molecule has 1 aliphatic carbocycles. The molecule has 0 aromatic rings. The van der Waals surface area contributed by atoms with Gasteiger partial charge in [0.05, 0.1) is 18.6 Å². The van der Waals surface area contributed by atoms with Crippen molar-refractivity contribution < 1.29 is 19.0 Å². The lowest BCUT2D eigenvalue weighted by Gasteiger charge is -2.32. The van der Waals surface area contributed by atoms with E-state index in [0.717, 1.165) is 12.8 Å². The van der Waals surface area contributed by atoms with Crippen LogP contribution >= 0.6 is 0 Å². The van der Waals surface area contributed by atoms with Crippen LogP contribution in [0.4, 0.5) is 0 Å². The molecule has 0 aromatic carbocycles. The fourth-order valence-corrected chi connectivity index (χ4v) is 4.24. The van der Waals surface area contributed by atoms with E-state index in [0.29, 0.717) is 37.1 Å². The first-order valence-corrected chi connectivity index (χ1v) is 7.90. The molecule has 1 saturated carbocycles. The molecule has 0 N–H and O–H groups in total. The number of hydrogen-bond donors (Lipinski definition) is 0. The minimum absolute atomic E-state index is 0.0282. The molecule has 4 heteroatoms. The van der Waals surface area contributed by atoms with E-state index in [4.69, 9.17) is 14.2 Å². The summed E-state index contributed by atoms with van der Waals surface area (Å²) in [4.78, 5) is 11.9. The maximum absolute atomic E-state index is 11.9. The summed E-state index contributed by atoms with van der Waals surface area (Å²) in [6.07, 6.45) is 1.99. The first-order chi connectivity index (χ1) is 9.97. The Morgan fingerprint density at radius 1 is 1.52 bits per heavy atom. The van der Waals surface area contributed by atoms with Crippen LogP contribution in [0.1, 0.15) is 33.6 Å². The standard InChI is InChI=1S/C17H28O4/c1-10(2)14-8-15(21-9-19-5)12(4)16(14)11(3)13-6-7-20-17(13)18/h11-16H,1,6-9H2,2-5H3/t11-,12+,13-,14-,15+,16-/m1/s1. The highest BCUT2D eigenvalue weighted by Gasteiger charge is 2.48. The number of esters is 1. The fourth-order valence-electron chi connectivity index (χ4n) is 4.24. The van der Waals surface area contributed by atoms with Crippen LogP contribution in [0.25, 0.3) is 0 Å². The minimum Gasteiger partial charge on any atom is -0.465 e. The second kappa shape index (κ2) is 6.93. The van der Waals surface area contributed by atoms with E-state index in [1.165, 1.54) is 5.57 Å². The molecule has 0 bridgehead atoms. The van der Waals surface area contributed by atoms with Gasteiger partial charge >= 0.3 is 5.97 Å². The van der Waals surface area contributed by atoms with Crippen molar-refractivity contribution in [3.63, 3.8) is 0 Å². The van der Waals surface area contributed by atoms with E-state index in [1.807, 2.05) is 0 Å². The molecule has 0 radical (unpaired) electrons. The largest absolute Gasteiger partial charge is 0.465 e. The van der Waals surface area contributed by atoms with Gasteiger partial charge in [-0.1, -0.05) is 26.0 Å². The number of cyclic esters (lactones) is 1. The van der Waals surface area contributed by atoms with Crippen molar-refractivity contribution in [3.8, 4) is 0 Å². The molecule has 120 valence electrons. The summed E-state index contributed by atoms with van der Waals surface area (Å²) in [5, 5.41) is 0. The Labute approximate surface area is 127 Å². The van der Waals surface area contributed by atoms with Gasteiger partial charge < -0.3 is 14.2 Å². The van der Waals surface area contributed by atoms with Gasteiger partial charge in [-0.3, -0.25) is 4.79 Å². The van der Waals surface area contributed by atoms with Gasteiger partial charge in [-0.05, 0) is 43.4 Å². The van der Waals surface area contributed by atoms with E-state index in [9.17, 15) is 4.79 Å². The van der Waals surface area contributed by atoms with Crippen molar-refractivity contribution in [2.45, 2.75) is 39.7 Å². The Hall–Kier alpha value is -0.870. The molecule has 1 saturated heterocycles. The van der Waals surface area contributed by atoms with Gasteiger partial charge in [-0.15, -0.1) is 0 Å². The van der Waals surface area contributed by atoms with Gasteiger partial charge in [0.2, 0.25) is 0 Å². The summed E-state index contributed by atoms with van der Waals surface area (Å²) in [5.41, 5.74) is 1.19. The summed E-state index contributed by atoms with van der Waals surface area (Å²) in [6, 6.07) is 0. The minimum atomic E-state index is -0.0311. The average molecular weight is 296 g/mol. The highest BCUT2D eigenvalue weighted by Crippen LogP contribution is 2.48. The van der Waals surface area contributed by atoms with Crippen LogP contribution < -0.4 is 0 Å². The Morgan fingerprint density at radius 3 is 2.76 bits per heavy atom. The summed E-state index contributed by atoms with van der Waals surface area (Å²) in [6.45, 7) is 11.6. The number of rotatable bonds is 6. The molecule has 2 rings (SSSR count). The lowest BCUT2D eigenvalue weighted by molar-refractivity contribution is -0.143. The Morgan fingerprint density at radius 2 is 2.24 bits per heavy atom. The molecule has 6 atom stereocenters. The van der Waals surface area contributed by atoms with E-state index < -0.39 is 0 Å². The fraction of sp³-hybridized carbons (Fsp3) is 0.824. The molecule has 0 unspecified atom stereocenters. The van der Waals surface area contributed by atoms with E-state index in [1.54, 1.807) is 7.11 Å². The van der Waals surface area contributed by atoms with Crippen LogP contribution in [0, 0.1) is 29.6 Å². The van der Waals surface area contributed by atoms with Crippen LogP contribution in [0.2, 0.25) is 0 Å². The zero-order valence-electron chi connectivity index (χ0n) is 13.6. The lowest BCUT2D eigenvalue weighted by Crippen LogP contribution is -2.32. The first kappa shape index (κ1) is 16.5. The zero-order valence-corrected chi connectivity index (χ0v) is 13.6. The monoisotopic (exact) mass is 296 g/mol. The molecule has 2 aliphatic rings. The van der Waals surface area contributed by atoms with Crippen molar-refractivity contribution in [2.24, 2.45) is 29.6 Å². The van der Waals surface area contributed by atoms with Gasteiger partial charge in [0.25, 0.3) is 0 Å². The number of carbonyl (C=O) groups is 1. The Kier molecular flexibility index (Phi) is 5.44. The number of ether oxygens (including phenoxy) is 3. The molecule has 21 heavy (non-hydrogen) atoms. The molecular formula is C17H28O4. The summed E-state index contributed by atoms with van der Waals surface area (Å²) in [7, 11) is 1.64. The third kappa shape index (κ3) is 3.32. The maximum atomic E-state index is 11.9. The van der Waals surface area contributed by atoms with Crippen molar-refractivity contribution in [1.82, 2.24) is 0 Å². The van der Waals surface area contributed by atoms with E-state index in [-0.39, 0.29) is 18.0 Å². The van der Waals surface area contributed by atoms with Crippen molar-refractivity contribution in [2.75, 3.05) is 20.5 Å². The second-order valence-electron chi connectivity index (χ2n) is 6.66. The summed E-state index contributed by atoms with van der Waals surface area (Å²) < 4.78 is 16.0. The van der Waals surface area contributed by atoms with Crippen molar-refractivity contribution >= 4 is 5.97 Å². The topological polar surface area (TPSA) is 44.8 Å². The summed E-state index contributed by atoms with van der Waals surface area (Å²) >= 11 is 0. The molecule has 2 fully saturated rings. The molecule has 1 aliphatic heterocycles. The van der Waals surface area contributed by atoms with Crippen molar-refractivity contribution in [3.05, 3.63) is 12.2 Å². The summed E-state index contributed by atoms with van der Waals surface area (Å²) in [5.74, 6) is 1.51.